The van der Waals surface area contributed by atoms with E-state index in [9.17, 15) is 5.11 Å². The van der Waals surface area contributed by atoms with E-state index in [-0.39, 0.29) is 17.8 Å². The molecule has 2 N–H and O–H groups in total. The number of phenolic OH excluding ortho intramolecular Hbond substituents is 1. The number of benzene rings is 1. The lowest BCUT2D eigenvalue weighted by atomic mass is 10.1. The minimum atomic E-state index is 0.182. The molecule has 2 unspecified atom stereocenters. The lowest BCUT2D eigenvalue weighted by Gasteiger charge is -2.18. The Morgan fingerprint density at radius 2 is 2.41 bits per heavy atom. The van der Waals surface area contributed by atoms with Gasteiger partial charge in [-0.05, 0) is 26.0 Å². The van der Waals surface area contributed by atoms with E-state index in [1.54, 1.807) is 12.1 Å². The quantitative estimate of drug-likeness (QED) is 0.820. The lowest BCUT2D eigenvalue weighted by molar-refractivity contribution is 0.121. The van der Waals surface area contributed by atoms with Crippen LogP contribution in [0.4, 0.5) is 0 Å². The van der Waals surface area contributed by atoms with Crippen LogP contribution in [-0.4, -0.2) is 31.0 Å². The molecule has 2 atom stereocenters. The average Bonchev–Trinajstić information content (AvgIpc) is 2.69. The van der Waals surface area contributed by atoms with Gasteiger partial charge in [-0.2, -0.15) is 0 Å². The highest BCUT2D eigenvalue weighted by Crippen LogP contribution is 2.34. The Hall–Kier alpha value is -1.26. The van der Waals surface area contributed by atoms with Crippen molar-refractivity contribution in [2.24, 2.45) is 0 Å². The molecule has 0 aromatic heterocycles. The monoisotopic (exact) mass is 237 g/mol. The Morgan fingerprint density at radius 3 is 3.18 bits per heavy atom. The summed E-state index contributed by atoms with van der Waals surface area (Å²) in [5, 5.41) is 12.8. The van der Waals surface area contributed by atoms with Crippen LogP contribution in [0.15, 0.2) is 18.2 Å². The summed E-state index contributed by atoms with van der Waals surface area (Å²) in [4.78, 5) is 0. The summed E-state index contributed by atoms with van der Waals surface area (Å²) in [5.74, 6) is 1.01. The van der Waals surface area contributed by atoms with Crippen LogP contribution in [0.5, 0.6) is 11.5 Å². The maximum atomic E-state index is 9.36. The van der Waals surface area contributed by atoms with E-state index < -0.39 is 0 Å². The van der Waals surface area contributed by atoms with Gasteiger partial charge in [0.2, 0.25) is 0 Å². The molecule has 0 saturated heterocycles. The van der Waals surface area contributed by atoms with Gasteiger partial charge in [0, 0.05) is 24.3 Å². The first-order valence-corrected chi connectivity index (χ1v) is 6.00. The molecule has 0 fully saturated rings. The zero-order chi connectivity index (χ0) is 12.3. The Bertz CT molecular complexity index is 381. The highest BCUT2D eigenvalue weighted by atomic mass is 16.5. The second-order valence-electron chi connectivity index (χ2n) is 4.31. The van der Waals surface area contributed by atoms with Crippen molar-refractivity contribution >= 4 is 0 Å². The van der Waals surface area contributed by atoms with Crippen molar-refractivity contribution in [2.75, 3.05) is 19.8 Å². The zero-order valence-electron chi connectivity index (χ0n) is 10.3. The molecule has 0 radical (unpaired) electrons. The molecule has 4 nitrogen and oxygen atoms in total. The second-order valence-corrected chi connectivity index (χ2v) is 4.31. The predicted molar refractivity (Wildman–Crippen MR) is 65.4 cm³/mol. The van der Waals surface area contributed by atoms with Crippen LogP contribution in [0.3, 0.4) is 0 Å². The van der Waals surface area contributed by atoms with E-state index >= 15 is 0 Å². The molecule has 1 aliphatic rings. The minimum absolute atomic E-state index is 0.182. The van der Waals surface area contributed by atoms with Gasteiger partial charge in [-0.1, -0.05) is 0 Å². The molecule has 1 aromatic rings. The summed E-state index contributed by atoms with van der Waals surface area (Å²) >= 11 is 0. The van der Waals surface area contributed by atoms with Gasteiger partial charge >= 0.3 is 0 Å². The predicted octanol–water partition coefficient (Wildman–Crippen LogP) is 1.84. The number of nitrogens with one attached hydrogen (secondary N) is 1. The molecule has 0 amide bonds. The highest BCUT2D eigenvalue weighted by Gasteiger charge is 2.25. The number of phenols is 1. The number of rotatable bonds is 5. The maximum absolute atomic E-state index is 9.36. The van der Waals surface area contributed by atoms with Crippen LogP contribution in [0.1, 0.15) is 25.5 Å². The lowest BCUT2D eigenvalue weighted by Crippen LogP contribution is -2.34. The summed E-state index contributed by atoms with van der Waals surface area (Å²) in [6.07, 6.45) is 0. The number of fused-ring (bicyclic) bond motifs is 1. The summed E-state index contributed by atoms with van der Waals surface area (Å²) in [5.41, 5.74) is 1.10. The fourth-order valence-corrected chi connectivity index (χ4v) is 2.02. The molecule has 1 heterocycles. The van der Waals surface area contributed by atoms with Crippen molar-refractivity contribution in [1.29, 1.82) is 0 Å². The molecule has 94 valence electrons. The Labute approximate surface area is 102 Å². The van der Waals surface area contributed by atoms with E-state index in [2.05, 4.69) is 12.2 Å². The Kier molecular flexibility index (Phi) is 3.86. The number of ether oxygens (including phenoxy) is 2. The van der Waals surface area contributed by atoms with E-state index in [0.29, 0.717) is 13.2 Å². The van der Waals surface area contributed by atoms with E-state index in [1.807, 2.05) is 13.0 Å². The first kappa shape index (κ1) is 12.2. The van der Waals surface area contributed by atoms with Gasteiger partial charge in [-0.25, -0.2) is 0 Å². The molecule has 0 spiro atoms. The average molecular weight is 237 g/mol. The second kappa shape index (κ2) is 5.38. The van der Waals surface area contributed by atoms with Crippen molar-refractivity contribution in [3.63, 3.8) is 0 Å². The van der Waals surface area contributed by atoms with Crippen molar-refractivity contribution < 1.29 is 14.6 Å². The molecule has 1 aliphatic heterocycles. The molecule has 1 aromatic carbocycles. The zero-order valence-corrected chi connectivity index (χ0v) is 10.3. The van der Waals surface area contributed by atoms with Gasteiger partial charge in [0.15, 0.2) is 0 Å². The molecular formula is C13H19NO3. The number of hydrogen-bond donors (Lipinski definition) is 2. The molecule has 0 bridgehead atoms. The van der Waals surface area contributed by atoms with Gasteiger partial charge in [0.25, 0.3) is 0 Å². The third kappa shape index (κ3) is 2.90. The molecule has 2 rings (SSSR count). The third-order valence-corrected chi connectivity index (χ3v) is 2.84. The van der Waals surface area contributed by atoms with Crippen LogP contribution >= 0.6 is 0 Å². The summed E-state index contributed by atoms with van der Waals surface area (Å²) < 4.78 is 10.9. The summed E-state index contributed by atoms with van der Waals surface area (Å²) in [7, 11) is 0. The molecule has 0 saturated carbocycles. The number of hydrogen-bond acceptors (Lipinski definition) is 4. The topological polar surface area (TPSA) is 50.7 Å². The fourth-order valence-electron chi connectivity index (χ4n) is 2.02. The van der Waals surface area contributed by atoms with Crippen LogP contribution in [-0.2, 0) is 4.74 Å². The SMILES string of the molecule is CCOCC(C)NC1COc2cc(O)ccc21. The minimum Gasteiger partial charge on any atom is -0.508 e. The van der Waals surface area contributed by atoms with Crippen molar-refractivity contribution in [3.05, 3.63) is 23.8 Å². The largest absolute Gasteiger partial charge is 0.508 e. The Morgan fingerprint density at radius 1 is 1.59 bits per heavy atom. The van der Waals surface area contributed by atoms with Crippen LogP contribution in [0, 0.1) is 0 Å². The van der Waals surface area contributed by atoms with Crippen LogP contribution in [0.25, 0.3) is 0 Å². The summed E-state index contributed by atoms with van der Waals surface area (Å²) in [6, 6.07) is 5.71. The third-order valence-electron chi connectivity index (χ3n) is 2.84. The maximum Gasteiger partial charge on any atom is 0.127 e. The van der Waals surface area contributed by atoms with Gasteiger partial charge in [0.1, 0.15) is 18.1 Å². The van der Waals surface area contributed by atoms with Crippen molar-refractivity contribution in [2.45, 2.75) is 25.9 Å². The first-order valence-electron chi connectivity index (χ1n) is 6.00. The van der Waals surface area contributed by atoms with E-state index in [1.165, 1.54) is 0 Å². The van der Waals surface area contributed by atoms with Crippen LogP contribution < -0.4 is 10.1 Å². The summed E-state index contributed by atoms with van der Waals surface area (Å²) in [6.45, 7) is 6.12. The first-order chi connectivity index (χ1) is 8.20. The Balaban J connectivity index is 1.97. The normalized spacial score (nSPS) is 19.8. The molecule has 4 heteroatoms. The highest BCUT2D eigenvalue weighted by molar-refractivity contribution is 5.44. The van der Waals surface area contributed by atoms with Crippen LogP contribution in [0.2, 0.25) is 0 Å². The molecule has 0 aliphatic carbocycles. The van der Waals surface area contributed by atoms with E-state index in [0.717, 1.165) is 17.9 Å². The van der Waals surface area contributed by atoms with Crippen molar-refractivity contribution in [3.8, 4) is 11.5 Å². The van der Waals surface area contributed by atoms with Gasteiger partial charge in [-0.15, -0.1) is 0 Å². The van der Waals surface area contributed by atoms with Gasteiger partial charge in [-0.3, -0.25) is 0 Å². The molecular weight excluding hydrogens is 218 g/mol. The smallest absolute Gasteiger partial charge is 0.127 e. The van der Waals surface area contributed by atoms with Crippen molar-refractivity contribution in [1.82, 2.24) is 5.32 Å². The van der Waals surface area contributed by atoms with Gasteiger partial charge in [0.05, 0.1) is 12.6 Å². The number of aromatic hydroxyl groups is 1. The fraction of sp³-hybridized carbons (Fsp3) is 0.538. The molecule has 17 heavy (non-hydrogen) atoms. The standard InChI is InChI=1S/C13H19NO3/c1-3-16-7-9(2)14-12-8-17-13-6-10(15)4-5-11(12)13/h4-6,9,12,14-15H,3,7-8H2,1-2H3. The van der Waals surface area contributed by atoms with Gasteiger partial charge < -0.3 is 19.9 Å². The van der Waals surface area contributed by atoms with E-state index in [4.69, 9.17) is 9.47 Å².